The van der Waals surface area contributed by atoms with Crippen LogP contribution in [0.15, 0.2) is 23.8 Å². The van der Waals surface area contributed by atoms with Crippen LogP contribution in [0.4, 0.5) is 0 Å². The maximum atomic E-state index is 3.07. The van der Waals surface area contributed by atoms with Crippen molar-refractivity contribution in [3.63, 3.8) is 0 Å². The van der Waals surface area contributed by atoms with Crippen LogP contribution in [0.5, 0.6) is 0 Å². The second-order valence-electron chi connectivity index (χ2n) is 2.07. The van der Waals surface area contributed by atoms with Crippen LogP contribution in [0, 0.1) is 0 Å². The minimum Gasteiger partial charge on any atom is -0.316 e. The SMILES string of the molecule is C/C=C/C=C(\C)CNC. The van der Waals surface area contributed by atoms with Crippen molar-refractivity contribution in [2.24, 2.45) is 0 Å². The van der Waals surface area contributed by atoms with E-state index >= 15 is 0 Å². The molecular formula is C8H15N. The summed E-state index contributed by atoms with van der Waals surface area (Å²) in [6.07, 6.45) is 6.18. The molecule has 0 radical (unpaired) electrons. The quantitative estimate of drug-likeness (QED) is 0.566. The highest BCUT2D eigenvalue weighted by Gasteiger charge is 1.80. The third-order valence-corrected chi connectivity index (χ3v) is 1.03. The second kappa shape index (κ2) is 5.57. The average Bonchev–Trinajstić information content (AvgIpc) is 1.85. The lowest BCUT2D eigenvalue weighted by molar-refractivity contribution is 0.880. The highest BCUT2D eigenvalue weighted by molar-refractivity contribution is 5.10. The number of likely N-dealkylation sites (N-methyl/N-ethyl adjacent to an activating group) is 1. The zero-order valence-corrected chi connectivity index (χ0v) is 6.44. The molecule has 0 heterocycles. The Hall–Kier alpha value is -0.560. The molecule has 0 aromatic heterocycles. The molecule has 0 saturated carbocycles. The molecule has 1 nitrogen and oxygen atoms in total. The molecule has 1 N–H and O–H groups in total. The molecule has 0 aromatic rings. The fraction of sp³-hybridized carbons (Fsp3) is 0.500. The zero-order valence-electron chi connectivity index (χ0n) is 6.44. The van der Waals surface area contributed by atoms with Gasteiger partial charge in [0.25, 0.3) is 0 Å². The number of hydrogen-bond donors (Lipinski definition) is 1. The van der Waals surface area contributed by atoms with Crippen molar-refractivity contribution >= 4 is 0 Å². The molecule has 0 aromatic carbocycles. The predicted molar refractivity (Wildman–Crippen MR) is 42.5 cm³/mol. The van der Waals surface area contributed by atoms with E-state index in [-0.39, 0.29) is 0 Å². The molecule has 0 aliphatic rings. The van der Waals surface area contributed by atoms with Crippen molar-refractivity contribution < 1.29 is 0 Å². The molecule has 0 amide bonds. The van der Waals surface area contributed by atoms with E-state index < -0.39 is 0 Å². The Balaban J connectivity index is 3.55. The summed E-state index contributed by atoms with van der Waals surface area (Å²) in [4.78, 5) is 0. The Labute approximate surface area is 57.5 Å². The molecule has 0 aliphatic carbocycles. The van der Waals surface area contributed by atoms with E-state index in [0.717, 1.165) is 6.54 Å². The van der Waals surface area contributed by atoms with Crippen LogP contribution in [0.3, 0.4) is 0 Å². The molecule has 0 saturated heterocycles. The molecular weight excluding hydrogens is 110 g/mol. The minimum absolute atomic E-state index is 0.977. The van der Waals surface area contributed by atoms with Crippen LogP contribution in [-0.2, 0) is 0 Å². The fourth-order valence-corrected chi connectivity index (χ4v) is 0.598. The van der Waals surface area contributed by atoms with Gasteiger partial charge in [0.2, 0.25) is 0 Å². The molecule has 0 bridgehead atoms. The summed E-state index contributed by atoms with van der Waals surface area (Å²) in [5, 5.41) is 3.07. The first-order valence-corrected chi connectivity index (χ1v) is 3.24. The number of allylic oxidation sites excluding steroid dienone is 3. The third kappa shape index (κ3) is 5.31. The first-order chi connectivity index (χ1) is 4.31. The van der Waals surface area contributed by atoms with Gasteiger partial charge in [0.05, 0.1) is 0 Å². The highest BCUT2D eigenvalue weighted by atomic mass is 14.8. The largest absolute Gasteiger partial charge is 0.316 e. The molecule has 0 rings (SSSR count). The minimum atomic E-state index is 0.977. The average molecular weight is 125 g/mol. The summed E-state index contributed by atoms with van der Waals surface area (Å²) in [5.41, 5.74) is 1.36. The fourth-order valence-electron chi connectivity index (χ4n) is 0.598. The van der Waals surface area contributed by atoms with Gasteiger partial charge in [-0.25, -0.2) is 0 Å². The molecule has 9 heavy (non-hydrogen) atoms. The standard InChI is InChI=1S/C8H15N/c1-4-5-6-8(2)7-9-3/h4-6,9H,7H2,1-3H3/b5-4+,8-6+. The van der Waals surface area contributed by atoms with E-state index in [4.69, 9.17) is 0 Å². The van der Waals surface area contributed by atoms with E-state index in [1.807, 2.05) is 26.1 Å². The summed E-state index contributed by atoms with van der Waals surface area (Å²) in [7, 11) is 1.95. The first-order valence-electron chi connectivity index (χ1n) is 3.24. The van der Waals surface area contributed by atoms with E-state index in [1.54, 1.807) is 0 Å². The molecule has 0 fully saturated rings. The van der Waals surface area contributed by atoms with Crippen molar-refractivity contribution in [2.45, 2.75) is 13.8 Å². The topological polar surface area (TPSA) is 12.0 Å². The van der Waals surface area contributed by atoms with Gasteiger partial charge in [-0.05, 0) is 20.9 Å². The number of hydrogen-bond acceptors (Lipinski definition) is 1. The Morgan fingerprint density at radius 3 is 2.67 bits per heavy atom. The Kier molecular flexibility index (Phi) is 5.23. The maximum Gasteiger partial charge on any atom is 0.0161 e. The van der Waals surface area contributed by atoms with E-state index in [1.165, 1.54) is 5.57 Å². The van der Waals surface area contributed by atoms with E-state index in [9.17, 15) is 0 Å². The van der Waals surface area contributed by atoms with Crippen LogP contribution in [0.2, 0.25) is 0 Å². The lowest BCUT2D eigenvalue weighted by Gasteiger charge is -1.94. The number of rotatable bonds is 3. The Bertz CT molecular complexity index is 112. The van der Waals surface area contributed by atoms with Crippen molar-refractivity contribution in [1.29, 1.82) is 0 Å². The molecule has 1 heteroatoms. The molecule has 0 aliphatic heterocycles. The van der Waals surface area contributed by atoms with Crippen LogP contribution >= 0.6 is 0 Å². The zero-order chi connectivity index (χ0) is 7.11. The summed E-state index contributed by atoms with van der Waals surface area (Å²) in [6.45, 7) is 5.10. The van der Waals surface area contributed by atoms with Crippen molar-refractivity contribution in [1.82, 2.24) is 5.32 Å². The summed E-state index contributed by atoms with van der Waals surface area (Å²) in [6, 6.07) is 0. The van der Waals surface area contributed by atoms with Gasteiger partial charge in [-0.3, -0.25) is 0 Å². The van der Waals surface area contributed by atoms with Crippen molar-refractivity contribution in [2.75, 3.05) is 13.6 Å². The molecule has 0 unspecified atom stereocenters. The van der Waals surface area contributed by atoms with E-state index in [0.29, 0.717) is 0 Å². The van der Waals surface area contributed by atoms with Gasteiger partial charge in [-0.2, -0.15) is 0 Å². The Morgan fingerprint density at radius 2 is 2.22 bits per heavy atom. The predicted octanol–water partition coefficient (Wildman–Crippen LogP) is 1.73. The van der Waals surface area contributed by atoms with Gasteiger partial charge in [0, 0.05) is 6.54 Å². The van der Waals surface area contributed by atoms with Crippen molar-refractivity contribution in [3.05, 3.63) is 23.8 Å². The van der Waals surface area contributed by atoms with Crippen molar-refractivity contribution in [3.8, 4) is 0 Å². The van der Waals surface area contributed by atoms with Crippen LogP contribution in [0.25, 0.3) is 0 Å². The Morgan fingerprint density at radius 1 is 1.56 bits per heavy atom. The second-order valence-corrected chi connectivity index (χ2v) is 2.07. The van der Waals surface area contributed by atoms with Gasteiger partial charge in [-0.15, -0.1) is 0 Å². The molecule has 52 valence electrons. The lowest BCUT2D eigenvalue weighted by Crippen LogP contribution is -2.08. The highest BCUT2D eigenvalue weighted by Crippen LogP contribution is 1.88. The van der Waals surface area contributed by atoms with Gasteiger partial charge in [-0.1, -0.05) is 23.8 Å². The van der Waals surface area contributed by atoms with Gasteiger partial charge >= 0.3 is 0 Å². The maximum absolute atomic E-state index is 3.07. The van der Waals surface area contributed by atoms with Gasteiger partial charge < -0.3 is 5.32 Å². The van der Waals surface area contributed by atoms with Gasteiger partial charge in [0.1, 0.15) is 0 Å². The lowest BCUT2D eigenvalue weighted by atomic mass is 10.3. The van der Waals surface area contributed by atoms with Gasteiger partial charge in [0.15, 0.2) is 0 Å². The smallest absolute Gasteiger partial charge is 0.0161 e. The summed E-state index contributed by atoms with van der Waals surface area (Å²) >= 11 is 0. The number of nitrogens with one attached hydrogen (secondary N) is 1. The first kappa shape index (κ1) is 8.44. The van der Waals surface area contributed by atoms with Crippen LogP contribution in [0.1, 0.15) is 13.8 Å². The van der Waals surface area contributed by atoms with E-state index in [2.05, 4.69) is 18.3 Å². The molecule has 0 atom stereocenters. The van der Waals surface area contributed by atoms with Crippen LogP contribution < -0.4 is 5.32 Å². The normalized spacial score (nSPS) is 13.0. The third-order valence-electron chi connectivity index (χ3n) is 1.03. The molecule has 0 spiro atoms. The van der Waals surface area contributed by atoms with Crippen LogP contribution in [-0.4, -0.2) is 13.6 Å². The monoisotopic (exact) mass is 125 g/mol. The summed E-state index contributed by atoms with van der Waals surface area (Å²) in [5.74, 6) is 0. The summed E-state index contributed by atoms with van der Waals surface area (Å²) < 4.78 is 0.